The fraction of sp³-hybridized carbons (Fsp3) is 0.409. The number of anilines is 1. The van der Waals surface area contributed by atoms with Gasteiger partial charge in [0, 0.05) is 31.6 Å². The molecule has 2 aromatic carbocycles. The van der Waals surface area contributed by atoms with E-state index in [9.17, 15) is 4.79 Å². The summed E-state index contributed by atoms with van der Waals surface area (Å²) in [4.78, 5) is 15.4. The lowest BCUT2D eigenvalue weighted by Crippen LogP contribution is -2.09. The molecule has 2 atom stereocenters. The third kappa shape index (κ3) is 3.05. The molecule has 1 fully saturated rings. The van der Waals surface area contributed by atoms with Crippen LogP contribution in [-0.2, 0) is 0 Å². The number of ketones is 1. The van der Waals surface area contributed by atoms with E-state index in [4.69, 9.17) is 9.47 Å². The van der Waals surface area contributed by atoms with Crippen molar-refractivity contribution in [1.29, 1.82) is 0 Å². The first kappa shape index (κ1) is 18.3. The van der Waals surface area contributed by atoms with Gasteiger partial charge in [0.2, 0.25) is 0 Å². The maximum atomic E-state index is 13.3. The number of methoxy groups -OCH3 is 2. The first-order chi connectivity index (χ1) is 12.3. The van der Waals surface area contributed by atoms with Gasteiger partial charge >= 0.3 is 0 Å². The van der Waals surface area contributed by atoms with Gasteiger partial charge in [-0.2, -0.15) is 0 Å². The summed E-state index contributed by atoms with van der Waals surface area (Å²) >= 11 is 0. The van der Waals surface area contributed by atoms with Crippen molar-refractivity contribution in [3.63, 3.8) is 0 Å². The summed E-state index contributed by atoms with van der Waals surface area (Å²) in [5, 5.41) is 0. The van der Waals surface area contributed by atoms with E-state index in [0.717, 1.165) is 5.69 Å². The Labute approximate surface area is 155 Å². The molecule has 1 saturated carbocycles. The summed E-state index contributed by atoms with van der Waals surface area (Å²) in [5.41, 5.74) is 2.88. The topological polar surface area (TPSA) is 38.8 Å². The molecule has 1 aliphatic carbocycles. The average molecular weight is 353 g/mol. The van der Waals surface area contributed by atoms with Crippen LogP contribution in [-0.4, -0.2) is 34.1 Å². The Morgan fingerprint density at radius 3 is 2.19 bits per heavy atom. The van der Waals surface area contributed by atoms with Crippen molar-refractivity contribution in [2.24, 2.45) is 11.3 Å². The second-order valence-electron chi connectivity index (χ2n) is 7.69. The highest BCUT2D eigenvalue weighted by molar-refractivity contribution is 6.03. The third-order valence-corrected chi connectivity index (χ3v) is 5.55. The molecule has 4 heteroatoms. The average Bonchev–Trinajstić information content (AvgIpc) is 3.22. The van der Waals surface area contributed by atoms with Crippen LogP contribution in [0.1, 0.15) is 35.7 Å². The highest BCUT2D eigenvalue weighted by Gasteiger charge is 2.62. The number of hydrogen-bond donors (Lipinski definition) is 0. The molecular formula is C22H27NO3. The van der Waals surface area contributed by atoms with Gasteiger partial charge in [-0.3, -0.25) is 4.79 Å². The molecule has 3 rings (SSSR count). The summed E-state index contributed by atoms with van der Waals surface area (Å²) in [6, 6.07) is 13.9. The SMILES string of the molecule is COc1ccc(OC)c(C(=O)C2C(c3ccc(N(C)C)cc3)C2(C)C)c1. The summed E-state index contributed by atoms with van der Waals surface area (Å²) in [6.45, 7) is 4.32. The molecule has 2 aromatic rings. The van der Waals surface area contributed by atoms with Crippen molar-refractivity contribution in [3.8, 4) is 11.5 Å². The predicted molar refractivity (Wildman–Crippen MR) is 105 cm³/mol. The zero-order valence-electron chi connectivity index (χ0n) is 16.4. The zero-order valence-corrected chi connectivity index (χ0v) is 16.4. The molecule has 0 amide bonds. The normalized spacial score (nSPS) is 20.4. The molecule has 0 bridgehead atoms. The summed E-state index contributed by atoms with van der Waals surface area (Å²) in [7, 11) is 7.25. The van der Waals surface area contributed by atoms with Crippen molar-refractivity contribution in [2.45, 2.75) is 19.8 Å². The fourth-order valence-electron chi connectivity index (χ4n) is 3.90. The van der Waals surface area contributed by atoms with Crippen LogP contribution in [0.2, 0.25) is 0 Å². The van der Waals surface area contributed by atoms with Crippen molar-refractivity contribution < 1.29 is 14.3 Å². The molecule has 0 radical (unpaired) electrons. The van der Waals surface area contributed by atoms with Gasteiger partial charge in [-0.25, -0.2) is 0 Å². The van der Waals surface area contributed by atoms with Crippen LogP contribution in [0, 0.1) is 11.3 Å². The van der Waals surface area contributed by atoms with E-state index in [-0.39, 0.29) is 23.0 Å². The highest BCUT2D eigenvalue weighted by Crippen LogP contribution is 2.65. The molecule has 0 saturated heterocycles. The largest absolute Gasteiger partial charge is 0.497 e. The maximum Gasteiger partial charge on any atom is 0.170 e. The third-order valence-electron chi connectivity index (χ3n) is 5.55. The van der Waals surface area contributed by atoms with Crippen LogP contribution in [0.5, 0.6) is 11.5 Å². The van der Waals surface area contributed by atoms with Crippen LogP contribution in [0.25, 0.3) is 0 Å². The Bertz CT molecular complexity index is 809. The van der Waals surface area contributed by atoms with Gasteiger partial charge in [-0.1, -0.05) is 26.0 Å². The second-order valence-corrected chi connectivity index (χ2v) is 7.69. The van der Waals surface area contributed by atoms with E-state index in [1.54, 1.807) is 26.4 Å². The first-order valence-electron chi connectivity index (χ1n) is 8.84. The Morgan fingerprint density at radius 2 is 1.65 bits per heavy atom. The van der Waals surface area contributed by atoms with Crippen LogP contribution >= 0.6 is 0 Å². The number of carbonyl (C=O) groups is 1. The van der Waals surface area contributed by atoms with E-state index in [1.807, 2.05) is 20.2 Å². The Hall–Kier alpha value is -2.49. The lowest BCUT2D eigenvalue weighted by Gasteiger charge is -2.13. The Morgan fingerprint density at radius 1 is 1.00 bits per heavy atom. The summed E-state index contributed by atoms with van der Waals surface area (Å²) < 4.78 is 10.7. The predicted octanol–water partition coefficient (Wildman–Crippen LogP) is 4.39. The molecule has 1 aliphatic rings. The molecule has 4 nitrogen and oxygen atoms in total. The quantitative estimate of drug-likeness (QED) is 0.722. The minimum atomic E-state index is -0.0786. The van der Waals surface area contributed by atoms with Crippen LogP contribution in [0.4, 0.5) is 5.69 Å². The van der Waals surface area contributed by atoms with Gasteiger partial charge in [-0.15, -0.1) is 0 Å². The number of benzene rings is 2. The van der Waals surface area contributed by atoms with E-state index < -0.39 is 0 Å². The molecule has 26 heavy (non-hydrogen) atoms. The van der Waals surface area contributed by atoms with Crippen LogP contribution in [0.15, 0.2) is 42.5 Å². The van der Waals surface area contributed by atoms with Crippen molar-refractivity contribution in [2.75, 3.05) is 33.2 Å². The van der Waals surface area contributed by atoms with Gasteiger partial charge in [0.15, 0.2) is 5.78 Å². The number of ether oxygens (including phenoxy) is 2. The molecule has 138 valence electrons. The molecule has 0 N–H and O–H groups in total. The summed E-state index contributed by atoms with van der Waals surface area (Å²) in [6.07, 6.45) is 0. The molecule has 0 heterocycles. The number of nitrogens with zero attached hydrogens (tertiary/aromatic N) is 1. The van der Waals surface area contributed by atoms with Crippen molar-refractivity contribution in [1.82, 2.24) is 0 Å². The zero-order chi connectivity index (χ0) is 19.1. The Balaban J connectivity index is 1.91. The van der Waals surface area contributed by atoms with E-state index in [1.165, 1.54) is 5.56 Å². The monoisotopic (exact) mass is 353 g/mol. The summed E-state index contributed by atoms with van der Waals surface area (Å²) in [5.74, 6) is 1.53. The molecular weight excluding hydrogens is 326 g/mol. The van der Waals surface area contributed by atoms with Crippen molar-refractivity contribution >= 4 is 11.5 Å². The first-order valence-corrected chi connectivity index (χ1v) is 8.84. The number of rotatable bonds is 6. The van der Waals surface area contributed by atoms with Gasteiger partial charge in [0.1, 0.15) is 11.5 Å². The van der Waals surface area contributed by atoms with E-state index in [2.05, 4.69) is 43.0 Å². The minimum Gasteiger partial charge on any atom is -0.497 e. The molecule has 0 aliphatic heterocycles. The lowest BCUT2D eigenvalue weighted by molar-refractivity contribution is 0.0948. The van der Waals surface area contributed by atoms with Gasteiger partial charge < -0.3 is 14.4 Å². The lowest BCUT2D eigenvalue weighted by atomic mass is 10.0. The van der Waals surface area contributed by atoms with E-state index in [0.29, 0.717) is 17.1 Å². The van der Waals surface area contributed by atoms with Crippen molar-refractivity contribution in [3.05, 3.63) is 53.6 Å². The Kier molecular flexibility index (Phi) is 4.70. The highest BCUT2D eigenvalue weighted by atomic mass is 16.5. The molecule has 0 aromatic heterocycles. The standard InChI is InChI=1S/C22H27NO3/c1-22(2)19(14-7-9-15(10-8-14)23(3)4)20(22)21(24)17-13-16(25-5)11-12-18(17)26-6/h7-13,19-20H,1-6H3. The smallest absolute Gasteiger partial charge is 0.170 e. The van der Waals surface area contributed by atoms with Gasteiger partial charge in [-0.05, 0) is 41.3 Å². The second kappa shape index (κ2) is 6.67. The van der Waals surface area contributed by atoms with Gasteiger partial charge in [0.25, 0.3) is 0 Å². The van der Waals surface area contributed by atoms with Crippen LogP contribution in [0.3, 0.4) is 0 Å². The van der Waals surface area contributed by atoms with Gasteiger partial charge in [0.05, 0.1) is 19.8 Å². The number of hydrogen-bond acceptors (Lipinski definition) is 4. The molecule has 0 spiro atoms. The molecule has 2 unspecified atom stereocenters. The minimum absolute atomic E-state index is 0.0614. The number of Topliss-reactive ketones (excluding diaryl/α,β-unsaturated/α-hetero) is 1. The number of carbonyl (C=O) groups excluding carboxylic acids is 1. The van der Waals surface area contributed by atoms with E-state index >= 15 is 0 Å². The fourth-order valence-corrected chi connectivity index (χ4v) is 3.90. The maximum absolute atomic E-state index is 13.3. The van der Waals surface area contributed by atoms with Crippen LogP contribution < -0.4 is 14.4 Å².